The monoisotopic (exact) mass is 346 g/mol. The van der Waals surface area contributed by atoms with Crippen molar-refractivity contribution in [3.05, 3.63) is 35.4 Å². The number of hydrogen-bond acceptors (Lipinski definition) is 5. The van der Waals surface area contributed by atoms with E-state index in [0.29, 0.717) is 23.1 Å². The van der Waals surface area contributed by atoms with Gasteiger partial charge in [-0.25, -0.2) is 0 Å². The number of phenolic OH excluding ortho intramolecular Hbond substituents is 1. The van der Waals surface area contributed by atoms with E-state index in [2.05, 4.69) is 14.1 Å². The van der Waals surface area contributed by atoms with Gasteiger partial charge in [0.15, 0.2) is 17.6 Å². The summed E-state index contributed by atoms with van der Waals surface area (Å²) in [5, 5.41) is 33.4. The predicted octanol–water partition coefficient (Wildman–Crippen LogP) is 0.432. The van der Waals surface area contributed by atoms with Crippen molar-refractivity contribution in [3.63, 3.8) is 0 Å². The van der Waals surface area contributed by atoms with E-state index in [1.54, 1.807) is 12.1 Å². The molecule has 2 aliphatic carbocycles. The Labute approximate surface area is 146 Å². The molecule has 5 unspecified atom stereocenters. The number of methoxy groups -OCH3 is 1. The van der Waals surface area contributed by atoms with Gasteiger partial charge in [-0.2, -0.15) is 0 Å². The second kappa shape index (κ2) is 4.20. The van der Waals surface area contributed by atoms with E-state index in [0.717, 1.165) is 17.7 Å². The van der Waals surface area contributed by atoms with Crippen LogP contribution in [-0.4, -0.2) is 71.1 Å². The van der Waals surface area contributed by atoms with Crippen LogP contribution >= 0.6 is 0 Å². The van der Waals surface area contributed by atoms with Gasteiger partial charge in [-0.3, -0.25) is 0 Å². The Kier molecular flexibility index (Phi) is 2.63. The predicted molar refractivity (Wildman–Crippen MR) is 89.3 cm³/mol. The lowest BCUT2D eigenvalue weighted by molar-refractivity contribution is -0.930. The van der Waals surface area contributed by atoms with Gasteiger partial charge in [0.1, 0.15) is 11.6 Å². The first-order chi connectivity index (χ1) is 11.7. The molecule has 1 aromatic rings. The number of likely N-dealkylation sites (N-methyl/N-ethyl adjacent to an activating group) is 1. The number of nitrogens with zero attached hydrogens (tertiary/aromatic N) is 1. The van der Waals surface area contributed by atoms with E-state index in [1.807, 2.05) is 6.07 Å². The van der Waals surface area contributed by atoms with Crippen LogP contribution in [0.15, 0.2) is 24.3 Å². The molecule has 1 saturated heterocycles. The zero-order valence-corrected chi connectivity index (χ0v) is 14.7. The first kappa shape index (κ1) is 15.6. The molecule has 0 amide bonds. The number of benzene rings is 1. The molecule has 4 aliphatic rings. The molecule has 2 heterocycles. The Balaban J connectivity index is 1.89. The van der Waals surface area contributed by atoms with Gasteiger partial charge in [-0.15, -0.1) is 0 Å². The summed E-state index contributed by atoms with van der Waals surface area (Å²) in [4.78, 5) is 0. The average molecular weight is 346 g/mol. The lowest BCUT2D eigenvalue weighted by atomic mass is 9.49. The number of piperidine rings is 1. The van der Waals surface area contributed by atoms with Crippen molar-refractivity contribution in [1.29, 1.82) is 0 Å². The zero-order chi connectivity index (χ0) is 17.8. The van der Waals surface area contributed by atoms with Crippen LogP contribution in [0.2, 0.25) is 0 Å². The minimum atomic E-state index is -1.65. The first-order valence-electron chi connectivity index (χ1n) is 8.74. The van der Waals surface area contributed by atoms with Crippen molar-refractivity contribution in [3.8, 4) is 11.5 Å². The maximum absolute atomic E-state index is 11.9. The van der Waals surface area contributed by atoms with Gasteiger partial charge in [0.2, 0.25) is 5.79 Å². The normalized spacial score (nSPS) is 45.0. The number of aromatic hydroxyl groups is 1. The van der Waals surface area contributed by atoms with Crippen LogP contribution < -0.4 is 4.74 Å². The molecule has 0 aromatic heterocycles. The Morgan fingerprint density at radius 1 is 1.24 bits per heavy atom. The molecule has 3 N–H and O–H groups in total. The van der Waals surface area contributed by atoms with Crippen LogP contribution in [-0.2, 0) is 16.6 Å². The summed E-state index contributed by atoms with van der Waals surface area (Å²) in [5.74, 6) is -1.22. The summed E-state index contributed by atoms with van der Waals surface area (Å²) < 4.78 is 12.2. The van der Waals surface area contributed by atoms with Gasteiger partial charge in [-0.05, 0) is 23.8 Å². The number of quaternary nitrogens is 1. The molecular formula is C19H24NO5+. The van der Waals surface area contributed by atoms with E-state index in [1.165, 1.54) is 13.2 Å². The topological polar surface area (TPSA) is 79.2 Å². The first-order valence-corrected chi connectivity index (χ1v) is 8.74. The molecule has 0 saturated carbocycles. The smallest absolute Gasteiger partial charge is 0.224 e. The van der Waals surface area contributed by atoms with Crippen LogP contribution in [0.25, 0.3) is 0 Å². The van der Waals surface area contributed by atoms with Crippen LogP contribution in [0.1, 0.15) is 17.5 Å². The van der Waals surface area contributed by atoms with Gasteiger partial charge in [0.05, 0.1) is 26.1 Å². The Morgan fingerprint density at radius 3 is 2.72 bits per heavy atom. The van der Waals surface area contributed by atoms with E-state index in [9.17, 15) is 15.3 Å². The molecule has 25 heavy (non-hydrogen) atoms. The highest BCUT2D eigenvalue weighted by molar-refractivity contribution is 5.63. The quantitative estimate of drug-likeness (QED) is 0.390. The van der Waals surface area contributed by atoms with Crippen molar-refractivity contribution < 1.29 is 29.3 Å². The lowest BCUT2D eigenvalue weighted by Gasteiger charge is -2.63. The number of likely N-dealkylation sites (tertiary alicyclic amines) is 1. The highest BCUT2D eigenvalue weighted by atomic mass is 16.6. The molecule has 1 spiro atoms. The number of rotatable bonds is 1. The maximum atomic E-state index is 11.9. The molecule has 5 rings (SSSR count). The number of phenols is 1. The molecule has 5 atom stereocenters. The van der Waals surface area contributed by atoms with Gasteiger partial charge in [0.25, 0.3) is 0 Å². The lowest BCUT2D eigenvalue weighted by Crippen LogP contribution is -2.80. The minimum absolute atomic E-state index is 0.0427. The SMILES string of the molecule is COC1(O)C=CC2(O)C3Cc4ccc(O)c5c4C2(CC[N+]3(C)C)C1O5. The second-order valence-electron chi connectivity index (χ2n) is 8.50. The van der Waals surface area contributed by atoms with Gasteiger partial charge < -0.3 is 29.3 Å². The van der Waals surface area contributed by atoms with Crippen LogP contribution in [0.4, 0.5) is 0 Å². The van der Waals surface area contributed by atoms with Crippen LogP contribution in [0, 0.1) is 0 Å². The molecule has 6 heteroatoms. The van der Waals surface area contributed by atoms with E-state index >= 15 is 0 Å². The van der Waals surface area contributed by atoms with Gasteiger partial charge in [0, 0.05) is 25.5 Å². The largest absolute Gasteiger partial charge is 0.504 e. The van der Waals surface area contributed by atoms with E-state index in [4.69, 9.17) is 9.47 Å². The minimum Gasteiger partial charge on any atom is -0.504 e. The highest BCUT2D eigenvalue weighted by Gasteiger charge is 2.77. The van der Waals surface area contributed by atoms with Crippen molar-refractivity contribution in [2.45, 2.75) is 41.8 Å². The van der Waals surface area contributed by atoms with Crippen molar-refractivity contribution in [2.75, 3.05) is 27.7 Å². The second-order valence-corrected chi connectivity index (χ2v) is 8.50. The fourth-order valence-corrected chi connectivity index (χ4v) is 5.87. The molecule has 2 bridgehead atoms. The molecular weight excluding hydrogens is 322 g/mol. The number of ether oxygens (including phenoxy) is 2. The summed E-state index contributed by atoms with van der Waals surface area (Å²) in [7, 11) is 5.71. The average Bonchev–Trinajstić information content (AvgIpc) is 2.94. The number of aliphatic hydroxyl groups is 2. The highest BCUT2D eigenvalue weighted by Crippen LogP contribution is 2.66. The fourth-order valence-electron chi connectivity index (χ4n) is 5.87. The molecule has 2 aliphatic heterocycles. The molecule has 134 valence electrons. The zero-order valence-electron chi connectivity index (χ0n) is 14.7. The third-order valence-corrected chi connectivity index (χ3v) is 7.19. The molecule has 1 aromatic carbocycles. The van der Waals surface area contributed by atoms with Gasteiger partial charge >= 0.3 is 0 Å². The van der Waals surface area contributed by atoms with Gasteiger partial charge in [-0.1, -0.05) is 6.07 Å². The molecule has 1 fully saturated rings. The van der Waals surface area contributed by atoms with Crippen LogP contribution in [0.5, 0.6) is 11.5 Å². The Hall–Kier alpha value is -1.60. The summed E-state index contributed by atoms with van der Waals surface area (Å²) in [5.41, 5.74) is -0.0802. The van der Waals surface area contributed by atoms with E-state index < -0.39 is 22.9 Å². The fraction of sp³-hybridized carbons (Fsp3) is 0.579. The van der Waals surface area contributed by atoms with Crippen molar-refractivity contribution in [1.82, 2.24) is 0 Å². The summed E-state index contributed by atoms with van der Waals surface area (Å²) in [6, 6.07) is 3.50. The third-order valence-electron chi connectivity index (χ3n) is 7.19. The molecule has 0 radical (unpaired) electrons. The summed E-state index contributed by atoms with van der Waals surface area (Å²) in [6.07, 6.45) is 3.76. The Bertz CT molecular complexity index is 820. The molecule has 6 nitrogen and oxygen atoms in total. The maximum Gasteiger partial charge on any atom is 0.224 e. The summed E-state index contributed by atoms with van der Waals surface area (Å²) in [6.45, 7) is 0.842. The van der Waals surface area contributed by atoms with Crippen LogP contribution in [0.3, 0.4) is 0 Å². The summed E-state index contributed by atoms with van der Waals surface area (Å²) >= 11 is 0. The number of hydrogen-bond donors (Lipinski definition) is 3. The van der Waals surface area contributed by atoms with Crippen molar-refractivity contribution >= 4 is 0 Å². The van der Waals surface area contributed by atoms with E-state index in [-0.39, 0.29) is 11.8 Å². The standard InChI is InChI=1S/C19H23NO5/c1-20(2)9-8-17-14-11-4-5-12(21)15(14)25-16(17)19(23,24-3)7-6-18(17,22)13(20)10-11/h4-7,13,16,22-23H,8-10H2,1-3H3/p+1. The van der Waals surface area contributed by atoms with Crippen molar-refractivity contribution in [2.24, 2.45) is 0 Å². The third kappa shape index (κ3) is 1.48. The Morgan fingerprint density at radius 2 is 2.00 bits per heavy atom.